The first-order chi connectivity index (χ1) is 6.16. The third kappa shape index (κ3) is 9.26. The van der Waals surface area contributed by atoms with Crippen LogP contribution in [0.5, 0.6) is 0 Å². The van der Waals surface area contributed by atoms with E-state index >= 15 is 0 Å². The van der Waals surface area contributed by atoms with E-state index in [1.54, 1.807) is 14.0 Å². The highest BCUT2D eigenvalue weighted by atomic mass is 16.6. The van der Waals surface area contributed by atoms with Gasteiger partial charge in [-0.2, -0.15) is 0 Å². The van der Waals surface area contributed by atoms with E-state index in [0.29, 0.717) is 19.8 Å². The van der Waals surface area contributed by atoms with E-state index in [0.717, 1.165) is 0 Å². The number of hydrogen-bond acceptors (Lipinski definition) is 4. The molecule has 5 nitrogen and oxygen atoms in total. The quantitative estimate of drug-likeness (QED) is 0.554. The number of ether oxygens (including phenoxy) is 3. The molecule has 0 saturated carbocycles. The lowest BCUT2D eigenvalue weighted by Crippen LogP contribution is -2.21. The fraction of sp³-hybridized carbons (Fsp3) is 0.875. The molecule has 5 heteroatoms. The minimum Gasteiger partial charge on any atom is -0.480 e. The molecular weight excluding hydrogens is 176 g/mol. The third-order valence-electron chi connectivity index (χ3n) is 1.28. The van der Waals surface area contributed by atoms with Crippen LogP contribution < -0.4 is 0 Å². The molecule has 1 N–H and O–H groups in total. The molecule has 0 aromatic rings. The second-order valence-electron chi connectivity index (χ2n) is 2.58. The van der Waals surface area contributed by atoms with Crippen LogP contribution in [0.2, 0.25) is 0 Å². The Kier molecular flexibility index (Phi) is 7.57. The molecule has 0 aliphatic heterocycles. The van der Waals surface area contributed by atoms with Gasteiger partial charge in [-0.15, -0.1) is 0 Å². The Morgan fingerprint density at radius 3 is 2.69 bits per heavy atom. The molecule has 0 radical (unpaired) electrons. The monoisotopic (exact) mass is 192 g/mol. The van der Waals surface area contributed by atoms with E-state index in [4.69, 9.17) is 19.3 Å². The van der Waals surface area contributed by atoms with Gasteiger partial charge >= 0.3 is 5.97 Å². The van der Waals surface area contributed by atoms with Gasteiger partial charge in [-0.3, -0.25) is 0 Å². The van der Waals surface area contributed by atoms with E-state index in [-0.39, 0.29) is 12.7 Å². The average Bonchev–Trinajstić information content (AvgIpc) is 2.09. The summed E-state index contributed by atoms with van der Waals surface area (Å²) in [5.41, 5.74) is 0. The van der Waals surface area contributed by atoms with Gasteiger partial charge in [0.2, 0.25) is 0 Å². The van der Waals surface area contributed by atoms with Gasteiger partial charge in [0.1, 0.15) is 6.61 Å². The van der Waals surface area contributed by atoms with Crippen molar-refractivity contribution < 1.29 is 24.1 Å². The van der Waals surface area contributed by atoms with Crippen LogP contribution in [0.1, 0.15) is 6.92 Å². The molecule has 78 valence electrons. The molecule has 1 unspecified atom stereocenters. The Labute approximate surface area is 77.6 Å². The van der Waals surface area contributed by atoms with Crippen molar-refractivity contribution in [3.05, 3.63) is 0 Å². The summed E-state index contributed by atoms with van der Waals surface area (Å²) >= 11 is 0. The molecule has 0 aliphatic carbocycles. The van der Waals surface area contributed by atoms with Crippen LogP contribution in [0.4, 0.5) is 0 Å². The highest BCUT2D eigenvalue weighted by molar-refractivity contribution is 5.68. The molecule has 0 spiro atoms. The molecule has 0 aromatic carbocycles. The Morgan fingerprint density at radius 2 is 2.15 bits per heavy atom. The summed E-state index contributed by atoms with van der Waals surface area (Å²) in [6, 6.07) is 0. The van der Waals surface area contributed by atoms with Crippen molar-refractivity contribution in [1.29, 1.82) is 0 Å². The second kappa shape index (κ2) is 7.97. The normalized spacial score (nSPS) is 12.8. The second-order valence-corrected chi connectivity index (χ2v) is 2.58. The lowest BCUT2D eigenvalue weighted by atomic mass is 10.4. The van der Waals surface area contributed by atoms with Crippen molar-refractivity contribution >= 4 is 5.97 Å². The third-order valence-corrected chi connectivity index (χ3v) is 1.28. The number of rotatable bonds is 8. The topological polar surface area (TPSA) is 65.0 Å². The molecular formula is C8H16O5. The molecule has 13 heavy (non-hydrogen) atoms. The molecule has 0 aliphatic rings. The predicted molar refractivity (Wildman–Crippen MR) is 45.7 cm³/mol. The first kappa shape index (κ1) is 12.3. The van der Waals surface area contributed by atoms with Crippen molar-refractivity contribution in [2.45, 2.75) is 13.0 Å². The molecule has 0 saturated heterocycles. The smallest absolute Gasteiger partial charge is 0.329 e. The van der Waals surface area contributed by atoms with E-state index in [1.807, 2.05) is 0 Å². The van der Waals surface area contributed by atoms with Gasteiger partial charge in [-0.05, 0) is 6.92 Å². The lowest BCUT2D eigenvalue weighted by molar-refractivity contribution is -0.145. The van der Waals surface area contributed by atoms with Gasteiger partial charge in [0.25, 0.3) is 0 Å². The van der Waals surface area contributed by atoms with Crippen LogP contribution in [0.25, 0.3) is 0 Å². The highest BCUT2D eigenvalue weighted by Crippen LogP contribution is 1.91. The first-order valence-corrected chi connectivity index (χ1v) is 4.07. The molecule has 0 heterocycles. The molecule has 0 aromatic heterocycles. The van der Waals surface area contributed by atoms with Gasteiger partial charge in [-0.1, -0.05) is 0 Å². The Hall–Kier alpha value is -0.650. The predicted octanol–water partition coefficient (Wildman–Crippen LogP) is 0.139. The van der Waals surface area contributed by atoms with Crippen molar-refractivity contribution in [2.75, 3.05) is 33.5 Å². The number of aliphatic carboxylic acids is 1. The molecule has 0 amide bonds. The standard InChI is InChI=1S/C8H16O5/c1-7(13-6-8(9)10)5-12-4-3-11-2/h7H,3-6H2,1-2H3,(H,9,10). The zero-order valence-electron chi connectivity index (χ0n) is 7.99. The fourth-order valence-electron chi connectivity index (χ4n) is 0.653. The summed E-state index contributed by atoms with van der Waals surface area (Å²) in [6.45, 7) is 2.89. The molecule has 0 fully saturated rings. The van der Waals surface area contributed by atoms with Crippen LogP contribution in [-0.4, -0.2) is 50.7 Å². The van der Waals surface area contributed by atoms with Crippen LogP contribution in [0.3, 0.4) is 0 Å². The number of methoxy groups -OCH3 is 1. The van der Waals surface area contributed by atoms with Crippen molar-refractivity contribution in [3.8, 4) is 0 Å². The van der Waals surface area contributed by atoms with Gasteiger partial charge in [-0.25, -0.2) is 4.79 Å². The summed E-state index contributed by atoms with van der Waals surface area (Å²) < 4.78 is 14.8. The zero-order chi connectivity index (χ0) is 10.1. The first-order valence-electron chi connectivity index (χ1n) is 4.07. The molecule has 0 bridgehead atoms. The van der Waals surface area contributed by atoms with Gasteiger partial charge in [0, 0.05) is 7.11 Å². The van der Waals surface area contributed by atoms with Gasteiger partial charge < -0.3 is 19.3 Å². The van der Waals surface area contributed by atoms with Crippen LogP contribution in [-0.2, 0) is 19.0 Å². The van der Waals surface area contributed by atoms with Crippen molar-refractivity contribution in [1.82, 2.24) is 0 Å². The van der Waals surface area contributed by atoms with Crippen molar-refractivity contribution in [3.63, 3.8) is 0 Å². The number of carbonyl (C=O) groups is 1. The minimum atomic E-state index is -0.969. The van der Waals surface area contributed by atoms with E-state index < -0.39 is 5.97 Å². The summed E-state index contributed by atoms with van der Waals surface area (Å²) in [5.74, 6) is -0.969. The summed E-state index contributed by atoms with van der Waals surface area (Å²) in [4.78, 5) is 10.1. The van der Waals surface area contributed by atoms with E-state index in [1.165, 1.54) is 0 Å². The summed E-state index contributed by atoms with van der Waals surface area (Å²) in [7, 11) is 1.59. The number of carboxylic acids is 1. The maximum Gasteiger partial charge on any atom is 0.329 e. The van der Waals surface area contributed by atoms with Crippen LogP contribution in [0.15, 0.2) is 0 Å². The van der Waals surface area contributed by atoms with Gasteiger partial charge in [0.05, 0.1) is 25.9 Å². The Morgan fingerprint density at radius 1 is 1.46 bits per heavy atom. The SMILES string of the molecule is COCCOCC(C)OCC(=O)O. The maximum absolute atomic E-state index is 10.1. The maximum atomic E-state index is 10.1. The minimum absolute atomic E-state index is 0.201. The van der Waals surface area contributed by atoms with E-state index in [2.05, 4.69) is 0 Å². The highest BCUT2D eigenvalue weighted by Gasteiger charge is 2.04. The number of hydrogen-bond donors (Lipinski definition) is 1. The van der Waals surface area contributed by atoms with Crippen LogP contribution >= 0.6 is 0 Å². The lowest BCUT2D eigenvalue weighted by Gasteiger charge is -2.11. The average molecular weight is 192 g/mol. The largest absolute Gasteiger partial charge is 0.480 e. The number of carboxylic acid groups (broad SMARTS) is 1. The van der Waals surface area contributed by atoms with Gasteiger partial charge in [0.15, 0.2) is 0 Å². The Bertz CT molecular complexity index is 136. The molecule has 0 rings (SSSR count). The zero-order valence-corrected chi connectivity index (χ0v) is 7.99. The van der Waals surface area contributed by atoms with Crippen LogP contribution in [0, 0.1) is 0 Å². The fourth-order valence-corrected chi connectivity index (χ4v) is 0.653. The van der Waals surface area contributed by atoms with E-state index in [9.17, 15) is 4.79 Å². The summed E-state index contributed by atoms with van der Waals surface area (Å²) in [5, 5.41) is 8.29. The molecule has 1 atom stereocenters. The van der Waals surface area contributed by atoms with Crippen molar-refractivity contribution in [2.24, 2.45) is 0 Å². The summed E-state index contributed by atoms with van der Waals surface area (Å²) in [6.07, 6.45) is -0.201. The Balaban J connectivity index is 3.19.